The van der Waals surface area contributed by atoms with Gasteiger partial charge in [0.25, 0.3) is 0 Å². The molecule has 0 unspecified atom stereocenters. The maximum Gasteiger partial charge on any atom is 0.307 e. The van der Waals surface area contributed by atoms with Gasteiger partial charge in [0, 0.05) is 12.1 Å². The first-order valence-corrected chi connectivity index (χ1v) is 4.81. The van der Waals surface area contributed by atoms with Gasteiger partial charge in [-0.3, -0.25) is 10.1 Å². The van der Waals surface area contributed by atoms with Crippen LogP contribution in [0.1, 0.15) is 0 Å². The second-order valence-corrected chi connectivity index (χ2v) is 3.24. The van der Waals surface area contributed by atoms with Crippen molar-refractivity contribution < 1.29 is 14.1 Å². The topological polar surface area (TPSA) is 155 Å². The van der Waals surface area contributed by atoms with E-state index < -0.39 is 16.4 Å². The van der Waals surface area contributed by atoms with E-state index in [4.69, 9.17) is 21.9 Å². The Morgan fingerprint density at radius 2 is 2.05 bits per heavy atom. The number of ether oxygens (including phenoxy) is 1. The zero-order valence-corrected chi connectivity index (χ0v) is 9.83. The predicted octanol–water partition coefficient (Wildman–Crippen LogP) is -0.0379. The molecule has 0 aliphatic heterocycles. The number of benzene rings is 1. The molecule has 6 N–H and O–H groups in total. The Hall–Kier alpha value is -2.91. The number of guanidine groups is 2. The molecule has 0 saturated heterocycles. The van der Waals surface area contributed by atoms with Gasteiger partial charge in [-0.25, -0.2) is 4.99 Å². The third kappa shape index (κ3) is 3.52. The summed E-state index contributed by atoms with van der Waals surface area (Å²) in [5.74, 6) is -1.78. The summed E-state index contributed by atoms with van der Waals surface area (Å²) >= 11 is 0. The number of rotatable bonds is 3. The Bertz CT molecular complexity index is 567. The van der Waals surface area contributed by atoms with Crippen molar-refractivity contribution in [2.24, 2.45) is 27.2 Å². The number of methoxy groups -OCH3 is 1. The summed E-state index contributed by atoms with van der Waals surface area (Å²) < 4.78 is 18.2. The highest BCUT2D eigenvalue weighted by Crippen LogP contribution is 2.33. The number of hydrogen-bond acceptors (Lipinski definition) is 4. The van der Waals surface area contributed by atoms with Gasteiger partial charge in [0.15, 0.2) is 5.96 Å². The highest BCUT2D eigenvalue weighted by Gasteiger charge is 2.18. The van der Waals surface area contributed by atoms with Crippen LogP contribution in [0.4, 0.5) is 15.8 Å². The van der Waals surface area contributed by atoms with Crippen LogP contribution in [0.5, 0.6) is 5.75 Å². The van der Waals surface area contributed by atoms with E-state index in [1.54, 1.807) is 0 Å². The molecule has 0 aliphatic rings. The molecule has 1 aromatic rings. The second kappa shape index (κ2) is 5.62. The normalized spacial score (nSPS) is 10.9. The third-order valence-corrected chi connectivity index (χ3v) is 1.92. The van der Waals surface area contributed by atoms with Gasteiger partial charge in [-0.2, -0.15) is 9.38 Å². The van der Waals surface area contributed by atoms with Crippen molar-refractivity contribution in [3.63, 3.8) is 0 Å². The molecular weight excluding hydrogens is 259 g/mol. The highest BCUT2D eigenvalue weighted by molar-refractivity contribution is 5.94. The van der Waals surface area contributed by atoms with Crippen molar-refractivity contribution in [3.05, 3.63) is 28.1 Å². The van der Waals surface area contributed by atoms with Gasteiger partial charge in [0.1, 0.15) is 11.4 Å². The van der Waals surface area contributed by atoms with Gasteiger partial charge < -0.3 is 21.9 Å². The number of nitrogens with two attached hydrogens (primary N) is 3. The summed E-state index contributed by atoms with van der Waals surface area (Å²) in [4.78, 5) is 16.8. The quantitative estimate of drug-likeness (QED) is 0.303. The Labute approximate surface area is 106 Å². The average Bonchev–Trinajstić information content (AvgIpc) is 2.29. The maximum atomic E-state index is 13.3. The van der Waals surface area contributed by atoms with Crippen LogP contribution in [-0.4, -0.2) is 24.0 Å². The highest BCUT2D eigenvalue weighted by atomic mass is 19.1. The van der Waals surface area contributed by atoms with Crippen LogP contribution in [-0.2, 0) is 0 Å². The Morgan fingerprint density at radius 1 is 1.42 bits per heavy atom. The van der Waals surface area contributed by atoms with E-state index in [1.165, 1.54) is 7.11 Å². The molecule has 0 spiro atoms. The number of halogens is 1. The van der Waals surface area contributed by atoms with Crippen LogP contribution in [0.15, 0.2) is 22.1 Å². The van der Waals surface area contributed by atoms with Crippen molar-refractivity contribution in [1.82, 2.24) is 0 Å². The summed E-state index contributed by atoms with van der Waals surface area (Å²) in [6.07, 6.45) is 0. The van der Waals surface area contributed by atoms with Gasteiger partial charge >= 0.3 is 5.69 Å². The van der Waals surface area contributed by atoms with E-state index in [9.17, 15) is 14.5 Å². The Kier molecular flexibility index (Phi) is 4.19. The standard InChI is InChI=1S/C9H11FN6O3/c1-19-7-2-4(10)6(16(17)18)3-5(7)14-9(13)15-8(11)12/h2-3H,1H3,(H6,11,12,13,14,15). The molecule has 0 aromatic heterocycles. The Morgan fingerprint density at radius 3 is 2.53 bits per heavy atom. The largest absolute Gasteiger partial charge is 0.494 e. The summed E-state index contributed by atoms with van der Waals surface area (Å²) in [7, 11) is 1.25. The molecule has 102 valence electrons. The molecule has 0 heterocycles. The number of aliphatic imine (C=N–C) groups is 2. The molecule has 19 heavy (non-hydrogen) atoms. The van der Waals surface area contributed by atoms with E-state index >= 15 is 0 Å². The predicted molar refractivity (Wildman–Crippen MR) is 66.7 cm³/mol. The monoisotopic (exact) mass is 270 g/mol. The van der Waals surface area contributed by atoms with E-state index in [1.807, 2.05) is 0 Å². The van der Waals surface area contributed by atoms with Gasteiger partial charge in [-0.15, -0.1) is 0 Å². The number of hydrogen-bond donors (Lipinski definition) is 3. The fraction of sp³-hybridized carbons (Fsp3) is 0.111. The molecule has 0 atom stereocenters. The van der Waals surface area contributed by atoms with Crippen LogP contribution in [0.3, 0.4) is 0 Å². The van der Waals surface area contributed by atoms with Crippen LogP contribution in [0, 0.1) is 15.9 Å². The fourth-order valence-electron chi connectivity index (χ4n) is 1.20. The van der Waals surface area contributed by atoms with Crippen molar-refractivity contribution >= 4 is 23.3 Å². The van der Waals surface area contributed by atoms with Crippen molar-refractivity contribution in [2.75, 3.05) is 7.11 Å². The Balaban J connectivity index is 3.37. The first-order chi connectivity index (χ1) is 8.85. The zero-order valence-electron chi connectivity index (χ0n) is 9.83. The van der Waals surface area contributed by atoms with E-state index in [-0.39, 0.29) is 23.4 Å². The third-order valence-electron chi connectivity index (χ3n) is 1.92. The number of nitrogens with zero attached hydrogens (tertiary/aromatic N) is 3. The van der Waals surface area contributed by atoms with Gasteiger partial charge in [-0.05, 0) is 0 Å². The van der Waals surface area contributed by atoms with Gasteiger partial charge in [0.2, 0.25) is 11.8 Å². The molecule has 0 amide bonds. The molecule has 10 heteroatoms. The minimum Gasteiger partial charge on any atom is -0.494 e. The smallest absolute Gasteiger partial charge is 0.307 e. The zero-order chi connectivity index (χ0) is 14.6. The van der Waals surface area contributed by atoms with E-state index in [0.29, 0.717) is 0 Å². The SMILES string of the molecule is COc1cc(F)c([N+](=O)[O-])cc1N=C(N)N=C(N)N. The minimum atomic E-state index is -1.05. The first kappa shape index (κ1) is 14.2. The average molecular weight is 270 g/mol. The molecule has 0 fully saturated rings. The fourth-order valence-corrected chi connectivity index (χ4v) is 1.20. The summed E-state index contributed by atoms with van der Waals surface area (Å²) in [5.41, 5.74) is 14.7. The summed E-state index contributed by atoms with van der Waals surface area (Å²) in [6.45, 7) is 0. The molecule has 0 saturated carbocycles. The lowest BCUT2D eigenvalue weighted by Gasteiger charge is -2.05. The van der Waals surface area contributed by atoms with Crippen LogP contribution in [0.2, 0.25) is 0 Å². The van der Waals surface area contributed by atoms with Crippen LogP contribution < -0.4 is 21.9 Å². The summed E-state index contributed by atoms with van der Waals surface area (Å²) in [6, 6.07) is 1.68. The van der Waals surface area contributed by atoms with E-state index in [0.717, 1.165) is 12.1 Å². The molecule has 9 nitrogen and oxygen atoms in total. The van der Waals surface area contributed by atoms with Crippen LogP contribution >= 0.6 is 0 Å². The van der Waals surface area contributed by atoms with Gasteiger partial charge in [-0.1, -0.05) is 0 Å². The molecule has 1 aromatic carbocycles. The lowest BCUT2D eigenvalue weighted by atomic mass is 10.2. The lowest BCUT2D eigenvalue weighted by molar-refractivity contribution is -0.387. The number of nitro benzene ring substituents is 1. The molecule has 1 rings (SSSR count). The van der Waals surface area contributed by atoms with E-state index in [2.05, 4.69) is 9.98 Å². The molecular formula is C9H11FN6O3. The second-order valence-electron chi connectivity index (χ2n) is 3.24. The van der Waals surface area contributed by atoms with Crippen molar-refractivity contribution in [3.8, 4) is 5.75 Å². The van der Waals surface area contributed by atoms with Crippen LogP contribution in [0.25, 0.3) is 0 Å². The van der Waals surface area contributed by atoms with Crippen molar-refractivity contribution in [2.45, 2.75) is 0 Å². The van der Waals surface area contributed by atoms with Gasteiger partial charge in [0.05, 0.1) is 12.0 Å². The first-order valence-electron chi connectivity index (χ1n) is 4.81. The molecule has 0 radical (unpaired) electrons. The lowest BCUT2D eigenvalue weighted by Crippen LogP contribution is -2.26. The molecule has 0 aliphatic carbocycles. The molecule has 0 bridgehead atoms. The minimum absolute atomic E-state index is 0.0446. The maximum absolute atomic E-state index is 13.3. The number of nitro groups is 1. The van der Waals surface area contributed by atoms with Crippen molar-refractivity contribution in [1.29, 1.82) is 0 Å². The summed E-state index contributed by atoms with van der Waals surface area (Å²) in [5, 5.41) is 10.6.